The molecule has 0 bridgehead atoms. The van der Waals surface area contributed by atoms with Crippen LogP contribution in [0.4, 0.5) is 4.39 Å². The van der Waals surface area contributed by atoms with E-state index in [1.807, 2.05) is 36.7 Å². The molecule has 4 heteroatoms. The Kier molecular flexibility index (Phi) is 2.84. The maximum atomic E-state index is 13.3. The minimum absolute atomic E-state index is 0.0366. The Morgan fingerprint density at radius 2 is 1.95 bits per heavy atom. The molecular weight excluding hydrogens is 279 g/mol. The van der Waals surface area contributed by atoms with E-state index in [4.69, 9.17) is 4.74 Å². The fourth-order valence-corrected chi connectivity index (χ4v) is 3.29. The molecule has 3 heterocycles. The lowest BCUT2D eigenvalue weighted by Gasteiger charge is -2.22. The van der Waals surface area contributed by atoms with Crippen molar-refractivity contribution >= 4 is 10.9 Å². The van der Waals surface area contributed by atoms with E-state index in [1.165, 1.54) is 12.1 Å². The van der Waals surface area contributed by atoms with Gasteiger partial charge in [-0.15, -0.1) is 0 Å². The first-order valence-corrected chi connectivity index (χ1v) is 7.45. The predicted molar refractivity (Wildman–Crippen MR) is 83.3 cm³/mol. The second kappa shape index (κ2) is 4.65. The summed E-state index contributed by atoms with van der Waals surface area (Å²) in [5.74, 6) is -0.270. The van der Waals surface area contributed by atoms with E-state index in [-0.39, 0.29) is 23.4 Å². The van der Waals surface area contributed by atoms with Crippen molar-refractivity contribution in [2.45, 2.75) is 31.5 Å². The number of epoxide rings is 1. The number of nitrogens with one attached hydrogen (secondary N) is 1. The smallest absolute Gasteiger partial charge is 0.123 e. The Balaban J connectivity index is 1.91. The van der Waals surface area contributed by atoms with Gasteiger partial charge in [-0.3, -0.25) is 4.98 Å². The molecular formula is C18H17FN2O. The largest absolute Gasteiger partial charge is 0.366 e. The van der Waals surface area contributed by atoms with Crippen molar-refractivity contribution in [1.29, 1.82) is 0 Å². The van der Waals surface area contributed by atoms with Gasteiger partial charge in [0, 0.05) is 17.8 Å². The molecule has 3 unspecified atom stereocenters. The number of hydrogen-bond donors (Lipinski definition) is 1. The Hall–Kier alpha value is -2.20. The van der Waals surface area contributed by atoms with E-state index >= 15 is 0 Å². The van der Waals surface area contributed by atoms with Crippen molar-refractivity contribution in [3.63, 3.8) is 0 Å². The molecule has 1 aliphatic heterocycles. The van der Waals surface area contributed by atoms with Gasteiger partial charge in [0.15, 0.2) is 0 Å². The predicted octanol–water partition coefficient (Wildman–Crippen LogP) is 4.01. The van der Waals surface area contributed by atoms with Crippen LogP contribution in [-0.2, 0) is 4.74 Å². The van der Waals surface area contributed by atoms with Gasteiger partial charge < -0.3 is 9.72 Å². The lowest BCUT2D eigenvalue weighted by atomic mass is 9.81. The van der Waals surface area contributed by atoms with E-state index in [0.29, 0.717) is 0 Å². The van der Waals surface area contributed by atoms with Crippen molar-refractivity contribution in [2.75, 3.05) is 0 Å². The van der Waals surface area contributed by atoms with Crippen LogP contribution >= 0.6 is 0 Å². The van der Waals surface area contributed by atoms with Gasteiger partial charge in [0.2, 0.25) is 0 Å². The van der Waals surface area contributed by atoms with Gasteiger partial charge in [-0.1, -0.05) is 12.1 Å². The maximum Gasteiger partial charge on any atom is 0.123 e. The number of nitrogens with zero attached hydrogens (tertiary/aromatic N) is 1. The molecule has 1 aliphatic rings. The number of fused-ring (bicyclic) bond motifs is 1. The van der Waals surface area contributed by atoms with E-state index in [0.717, 1.165) is 22.2 Å². The molecule has 22 heavy (non-hydrogen) atoms. The fraction of sp³-hybridized carbons (Fsp3) is 0.278. The molecule has 112 valence electrons. The number of hydrogen-bond acceptors (Lipinski definition) is 2. The number of H-pyrrole nitrogens is 1. The summed E-state index contributed by atoms with van der Waals surface area (Å²) in [6, 6.07) is 10.6. The van der Waals surface area contributed by atoms with Gasteiger partial charge >= 0.3 is 0 Å². The zero-order chi connectivity index (χ0) is 15.3. The highest BCUT2D eigenvalue weighted by Crippen LogP contribution is 2.51. The van der Waals surface area contributed by atoms with Crippen LogP contribution in [0.1, 0.15) is 31.0 Å². The highest BCUT2D eigenvalue weighted by molar-refractivity contribution is 5.82. The number of aromatic amines is 1. The topological polar surface area (TPSA) is 41.2 Å². The fourth-order valence-electron chi connectivity index (χ4n) is 3.29. The average molecular weight is 296 g/mol. The van der Waals surface area contributed by atoms with Crippen LogP contribution in [0, 0.1) is 5.82 Å². The third-order valence-corrected chi connectivity index (χ3v) is 4.73. The summed E-state index contributed by atoms with van der Waals surface area (Å²) in [6.07, 6.45) is 3.88. The minimum Gasteiger partial charge on any atom is -0.366 e. The molecule has 0 spiro atoms. The number of ether oxygens (including phenoxy) is 1. The number of benzene rings is 1. The summed E-state index contributed by atoms with van der Waals surface area (Å²) < 4.78 is 19.2. The summed E-state index contributed by atoms with van der Waals surface area (Å²) in [4.78, 5) is 7.89. The molecule has 1 N–H and O–H groups in total. The van der Waals surface area contributed by atoms with Gasteiger partial charge in [-0.05, 0) is 43.7 Å². The van der Waals surface area contributed by atoms with E-state index in [1.54, 1.807) is 0 Å². The minimum atomic E-state index is -0.315. The Labute approximate surface area is 128 Å². The summed E-state index contributed by atoms with van der Waals surface area (Å²) in [5.41, 5.74) is 2.66. The molecule has 1 aromatic carbocycles. The zero-order valence-corrected chi connectivity index (χ0v) is 12.5. The quantitative estimate of drug-likeness (QED) is 0.742. The van der Waals surface area contributed by atoms with Gasteiger partial charge in [-0.2, -0.15) is 0 Å². The van der Waals surface area contributed by atoms with Crippen LogP contribution in [0.15, 0.2) is 48.8 Å². The van der Waals surface area contributed by atoms with Crippen molar-refractivity contribution in [3.05, 3.63) is 65.9 Å². The van der Waals surface area contributed by atoms with Crippen LogP contribution in [0.5, 0.6) is 0 Å². The molecule has 1 fully saturated rings. The van der Waals surface area contributed by atoms with Crippen molar-refractivity contribution in [1.82, 2.24) is 9.97 Å². The Morgan fingerprint density at radius 3 is 2.64 bits per heavy atom. The number of pyridine rings is 1. The van der Waals surface area contributed by atoms with Crippen molar-refractivity contribution in [3.8, 4) is 0 Å². The summed E-state index contributed by atoms with van der Waals surface area (Å²) in [6.45, 7) is 4.15. The van der Waals surface area contributed by atoms with Crippen LogP contribution in [-0.4, -0.2) is 21.7 Å². The van der Waals surface area contributed by atoms with Gasteiger partial charge in [0.25, 0.3) is 0 Å². The van der Waals surface area contributed by atoms with Crippen LogP contribution in [0.3, 0.4) is 0 Å². The molecule has 0 radical (unpaired) electrons. The highest BCUT2D eigenvalue weighted by Gasteiger charge is 2.56. The standard InChI is InChI=1S/C18H17FN2O/c1-11-18(2,22-11)15(12-3-5-14(19)6-4-12)17-16-13(7-9-20-16)8-10-21-17/h3-11,15,20H,1-2H3. The molecule has 0 amide bonds. The van der Waals surface area contributed by atoms with E-state index in [2.05, 4.69) is 23.8 Å². The third kappa shape index (κ3) is 1.95. The molecule has 2 aromatic heterocycles. The van der Waals surface area contributed by atoms with Crippen LogP contribution in [0.25, 0.3) is 10.9 Å². The number of aromatic nitrogens is 2. The second-order valence-electron chi connectivity index (χ2n) is 6.07. The molecule has 3 atom stereocenters. The Bertz CT molecular complexity index is 826. The molecule has 4 rings (SSSR count). The maximum absolute atomic E-state index is 13.3. The molecule has 3 nitrogen and oxygen atoms in total. The molecule has 3 aromatic rings. The van der Waals surface area contributed by atoms with Crippen molar-refractivity contribution < 1.29 is 9.13 Å². The first-order chi connectivity index (χ1) is 10.6. The SMILES string of the molecule is CC1OC1(C)C(c1ccc(F)cc1)c1nccc2cc[nH]c12. The normalized spacial score (nSPS) is 25.3. The van der Waals surface area contributed by atoms with Gasteiger partial charge in [-0.25, -0.2) is 4.39 Å². The lowest BCUT2D eigenvalue weighted by Crippen LogP contribution is -2.23. The van der Waals surface area contributed by atoms with Crippen molar-refractivity contribution in [2.24, 2.45) is 0 Å². The molecule has 1 saturated heterocycles. The van der Waals surface area contributed by atoms with Gasteiger partial charge in [0.1, 0.15) is 11.4 Å². The third-order valence-electron chi connectivity index (χ3n) is 4.73. The molecule has 0 aliphatic carbocycles. The first kappa shape index (κ1) is 13.5. The average Bonchev–Trinajstić information content (AvgIpc) is 2.91. The highest BCUT2D eigenvalue weighted by atomic mass is 19.1. The van der Waals surface area contributed by atoms with Crippen LogP contribution < -0.4 is 0 Å². The van der Waals surface area contributed by atoms with Crippen LogP contribution in [0.2, 0.25) is 0 Å². The second-order valence-corrected chi connectivity index (χ2v) is 6.07. The van der Waals surface area contributed by atoms with E-state index in [9.17, 15) is 4.39 Å². The first-order valence-electron chi connectivity index (χ1n) is 7.45. The summed E-state index contributed by atoms with van der Waals surface area (Å²) in [5, 5.41) is 1.12. The number of halogens is 1. The lowest BCUT2D eigenvalue weighted by molar-refractivity contribution is 0.289. The monoisotopic (exact) mass is 296 g/mol. The van der Waals surface area contributed by atoms with E-state index < -0.39 is 0 Å². The molecule has 0 saturated carbocycles. The number of rotatable bonds is 3. The summed E-state index contributed by atoms with van der Waals surface area (Å²) in [7, 11) is 0. The Morgan fingerprint density at radius 1 is 1.23 bits per heavy atom. The summed E-state index contributed by atoms with van der Waals surface area (Å²) >= 11 is 0. The zero-order valence-electron chi connectivity index (χ0n) is 12.5. The van der Waals surface area contributed by atoms with Gasteiger partial charge in [0.05, 0.1) is 23.2 Å².